The van der Waals surface area contributed by atoms with Crippen LogP contribution in [-0.2, 0) is 16.8 Å². The monoisotopic (exact) mass is 431 g/mol. The summed E-state index contributed by atoms with van der Waals surface area (Å²) in [4.78, 5) is 21.7. The third kappa shape index (κ3) is 6.76. The van der Waals surface area contributed by atoms with Crippen molar-refractivity contribution in [3.8, 4) is 11.5 Å². The summed E-state index contributed by atoms with van der Waals surface area (Å²) in [6, 6.07) is 13.2. The van der Waals surface area contributed by atoms with E-state index in [1.165, 1.54) is 24.6 Å². The third-order valence-corrected chi connectivity index (χ3v) is 3.42. The van der Waals surface area contributed by atoms with Gasteiger partial charge in [-0.05, 0) is 12.1 Å². The molecule has 0 bridgehead atoms. The van der Waals surface area contributed by atoms with Crippen molar-refractivity contribution in [3.05, 3.63) is 85.0 Å². The molecule has 0 atom stereocenters. The molecule has 4 aromatic rings. The number of rotatable bonds is 4. The largest absolute Gasteiger partial charge is 2.00 e. The number of aromatic amines is 2. The fraction of sp³-hybridized carbons (Fsp3) is 0. The van der Waals surface area contributed by atoms with E-state index in [4.69, 9.17) is 0 Å². The second-order valence-electron chi connectivity index (χ2n) is 5.40. The normalized spacial score (nSPS) is 10.5. The van der Waals surface area contributed by atoms with Crippen LogP contribution in [0.3, 0.4) is 0 Å². The quantitative estimate of drug-likeness (QED) is 0.481. The molecule has 147 valence electrons. The Hall–Kier alpha value is -3.69. The Bertz CT molecular complexity index is 961. The molecule has 0 amide bonds. The predicted molar refractivity (Wildman–Crippen MR) is 103 cm³/mol. The Balaban J connectivity index is 0.000000200. The summed E-state index contributed by atoms with van der Waals surface area (Å²) in [5.41, 5.74) is 0.841. The number of hydrogen-bond donors (Lipinski definition) is 2. The maximum absolute atomic E-state index is 11.2. The maximum atomic E-state index is 11.2. The van der Waals surface area contributed by atoms with E-state index in [0.29, 0.717) is 23.0 Å². The number of H-pyrrole nitrogens is 2. The first-order chi connectivity index (χ1) is 13.7. The Morgan fingerprint density at radius 3 is 1.45 bits per heavy atom. The van der Waals surface area contributed by atoms with Crippen LogP contribution in [0.1, 0.15) is 11.6 Å². The number of nitrogens with one attached hydrogen (secondary N) is 2. The average Bonchev–Trinajstić information content (AvgIpc) is 3.41. The molecule has 8 nitrogen and oxygen atoms in total. The average molecular weight is 431 g/mol. The zero-order chi connectivity index (χ0) is 19.6. The van der Waals surface area contributed by atoms with Crippen molar-refractivity contribution in [2.24, 2.45) is 9.98 Å². The Labute approximate surface area is 177 Å². The number of imidazole rings is 2. The molecule has 0 aliphatic rings. The van der Waals surface area contributed by atoms with E-state index in [0.717, 1.165) is 0 Å². The van der Waals surface area contributed by atoms with Gasteiger partial charge in [-0.15, -0.1) is 0 Å². The van der Waals surface area contributed by atoms with E-state index in [1.54, 1.807) is 61.2 Å². The summed E-state index contributed by atoms with van der Waals surface area (Å²) in [7, 11) is 0. The summed E-state index contributed by atoms with van der Waals surface area (Å²) in [5, 5.41) is 22.5. The SMILES string of the molecule is [Co+2].[O-]c1ccccc1N=Cc1ncc[nH]1.[O-]c1ccccc1N=Cc1ncc[nH]1. The van der Waals surface area contributed by atoms with Crippen LogP contribution in [0.2, 0.25) is 0 Å². The third-order valence-electron chi connectivity index (χ3n) is 3.42. The first-order valence-corrected chi connectivity index (χ1v) is 8.31. The Morgan fingerprint density at radius 2 is 1.10 bits per heavy atom. The number of hydrogen-bond acceptors (Lipinski definition) is 6. The van der Waals surface area contributed by atoms with Gasteiger partial charge in [-0.2, -0.15) is 0 Å². The number of benzene rings is 2. The standard InChI is InChI=1S/2C10H9N3O.Co/c2*14-9-4-2-1-3-8(9)13-7-10-11-5-6-12-10;/h2*1-7,14H,(H,11,12);/q;;+2/p-2. The van der Waals surface area contributed by atoms with Crippen molar-refractivity contribution in [1.29, 1.82) is 0 Å². The van der Waals surface area contributed by atoms with E-state index in [1.807, 2.05) is 0 Å². The first-order valence-electron chi connectivity index (χ1n) is 8.31. The molecule has 2 aromatic carbocycles. The van der Waals surface area contributed by atoms with Crippen LogP contribution in [0.5, 0.6) is 11.5 Å². The number of aliphatic imine (C=N–C) groups is 2. The van der Waals surface area contributed by atoms with E-state index < -0.39 is 0 Å². The van der Waals surface area contributed by atoms with E-state index in [9.17, 15) is 10.2 Å². The molecular weight excluding hydrogens is 415 g/mol. The molecule has 0 fully saturated rings. The van der Waals surface area contributed by atoms with Crippen LogP contribution in [-0.4, -0.2) is 32.4 Å². The van der Waals surface area contributed by atoms with Gasteiger partial charge in [-0.1, -0.05) is 47.9 Å². The van der Waals surface area contributed by atoms with Crippen LogP contribution in [0.25, 0.3) is 0 Å². The van der Waals surface area contributed by atoms with Crippen LogP contribution < -0.4 is 10.2 Å². The fourth-order valence-electron chi connectivity index (χ4n) is 2.09. The Kier molecular flexibility index (Phi) is 8.36. The molecule has 0 spiro atoms. The molecule has 0 aliphatic heterocycles. The molecule has 0 saturated heterocycles. The zero-order valence-electron chi connectivity index (χ0n) is 15.0. The minimum absolute atomic E-state index is 0. The van der Waals surface area contributed by atoms with E-state index >= 15 is 0 Å². The van der Waals surface area contributed by atoms with Crippen LogP contribution >= 0.6 is 0 Å². The minimum Gasteiger partial charge on any atom is -0.871 e. The van der Waals surface area contributed by atoms with Gasteiger partial charge in [-0.25, -0.2) is 9.97 Å². The predicted octanol–water partition coefficient (Wildman–Crippen LogP) is 2.47. The van der Waals surface area contributed by atoms with Gasteiger partial charge in [-0.3, -0.25) is 9.98 Å². The van der Waals surface area contributed by atoms with E-state index in [-0.39, 0.29) is 28.3 Å². The molecule has 9 heteroatoms. The van der Waals surface area contributed by atoms with Crippen molar-refractivity contribution in [1.82, 2.24) is 19.9 Å². The van der Waals surface area contributed by atoms with Crippen LogP contribution in [0, 0.1) is 0 Å². The molecule has 0 saturated carbocycles. The van der Waals surface area contributed by atoms with Gasteiger partial charge in [0.15, 0.2) is 0 Å². The second-order valence-corrected chi connectivity index (χ2v) is 5.40. The fourth-order valence-corrected chi connectivity index (χ4v) is 2.09. The first kappa shape index (κ1) is 21.6. The molecular formula is C20H16CoN6O2. The summed E-state index contributed by atoms with van der Waals surface area (Å²) < 4.78 is 0. The number of nitrogens with zero attached hydrogens (tertiary/aromatic N) is 4. The van der Waals surface area contributed by atoms with Gasteiger partial charge in [0.25, 0.3) is 0 Å². The molecule has 2 aromatic heterocycles. The molecule has 0 unspecified atom stereocenters. The van der Waals surface area contributed by atoms with Gasteiger partial charge >= 0.3 is 16.8 Å². The molecule has 29 heavy (non-hydrogen) atoms. The Morgan fingerprint density at radius 1 is 0.690 bits per heavy atom. The molecule has 2 N–H and O–H groups in total. The summed E-state index contributed by atoms with van der Waals surface area (Å²) in [6.07, 6.45) is 9.71. The van der Waals surface area contributed by atoms with Gasteiger partial charge < -0.3 is 20.2 Å². The van der Waals surface area contributed by atoms with Crippen molar-refractivity contribution in [3.63, 3.8) is 0 Å². The van der Waals surface area contributed by atoms with Crippen LogP contribution in [0.4, 0.5) is 11.4 Å². The topological polar surface area (TPSA) is 128 Å². The summed E-state index contributed by atoms with van der Waals surface area (Å²) in [5.74, 6) is 1.09. The molecule has 2 heterocycles. The summed E-state index contributed by atoms with van der Waals surface area (Å²) in [6.45, 7) is 0. The number of aromatic nitrogens is 4. The smallest absolute Gasteiger partial charge is 0.871 e. The molecule has 4 rings (SSSR count). The number of para-hydroxylation sites is 4. The second kappa shape index (κ2) is 11.2. The van der Waals surface area contributed by atoms with Gasteiger partial charge in [0, 0.05) is 24.8 Å². The van der Waals surface area contributed by atoms with Crippen molar-refractivity contribution >= 4 is 23.8 Å². The minimum atomic E-state index is -0.0877. The van der Waals surface area contributed by atoms with Crippen molar-refractivity contribution < 1.29 is 27.0 Å². The van der Waals surface area contributed by atoms with Gasteiger partial charge in [0.2, 0.25) is 0 Å². The van der Waals surface area contributed by atoms with Crippen molar-refractivity contribution in [2.75, 3.05) is 0 Å². The van der Waals surface area contributed by atoms with Gasteiger partial charge in [0.1, 0.15) is 11.6 Å². The zero-order valence-corrected chi connectivity index (χ0v) is 16.1. The van der Waals surface area contributed by atoms with E-state index in [2.05, 4.69) is 29.9 Å². The molecule has 0 aliphatic carbocycles. The van der Waals surface area contributed by atoms with Gasteiger partial charge in [0.05, 0.1) is 23.8 Å². The van der Waals surface area contributed by atoms with Crippen molar-refractivity contribution in [2.45, 2.75) is 0 Å². The summed E-state index contributed by atoms with van der Waals surface area (Å²) >= 11 is 0. The molecule has 1 radical (unpaired) electrons. The van der Waals surface area contributed by atoms with Crippen LogP contribution in [0.15, 0.2) is 83.3 Å². The maximum Gasteiger partial charge on any atom is 2.00 e.